The highest BCUT2D eigenvalue weighted by Crippen LogP contribution is 2.42. The van der Waals surface area contributed by atoms with E-state index in [9.17, 15) is 13.6 Å². The molecule has 1 unspecified atom stereocenters. The van der Waals surface area contributed by atoms with Gasteiger partial charge in [0.15, 0.2) is 0 Å². The number of amides is 1. The first-order valence-electron chi connectivity index (χ1n) is 11.0. The van der Waals surface area contributed by atoms with Gasteiger partial charge in [-0.3, -0.25) is 4.79 Å². The maximum Gasteiger partial charge on any atom is 0.248 e. The number of carbonyl (C=O) groups excluding carboxylic acids is 1. The molecule has 1 aliphatic carbocycles. The molecule has 1 N–H and O–H groups in total. The first kappa shape index (κ1) is 22.3. The molecular weight excluding hydrogens is 416 g/mol. The monoisotopic (exact) mass is 445 g/mol. The lowest BCUT2D eigenvalue weighted by molar-refractivity contribution is -0.120. The fourth-order valence-electron chi connectivity index (χ4n) is 4.21. The number of pyridine rings is 1. The van der Waals surface area contributed by atoms with Gasteiger partial charge in [0.1, 0.15) is 23.4 Å². The summed E-state index contributed by atoms with van der Waals surface area (Å²) in [6.07, 6.45) is 2.41. The van der Waals surface area contributed by atoms with E-state index in [-0.39, 0.29) is 36.8 Å². The topological polar surface area (TPSA) is 63.7 Å². The number of nitrogens with one attached hydrogen (secondary N) is 1. The Hall–Kier alpha value is -2.90. The van der Waals surface area contributed by atoms with Crippen molar-refractivity contribution in [1.29, 1.82) is 0 Å². The minimum atomic E-state index is -2.52. The average Bonchev–Trinajstić information content (AvgIpc) is 3.19. The number of carbonyl (C=O) groups is 1. The van der Waals surface area contributed by atoms with Crippen molar-refractivity contribution in [1.82, 2.24) is 10.3 Å². The van der Waals surface area contributed by atoms with Crippen molar-refractivity contribution in [3.05, 3.63) is 48.2 Å². The third-order valence-corrected chi connectivity index (χ3v) is 5.95. The van der Waals surface area contributed by atoms with Gasteiger partial charge in [-0.15, -0.1) is 0 Å². The summed E-state index contributed by atoms with van der Waals surface area (Å²) in [6, 6.07) is 11.5. The SMILES string of the molecule is CC(=O)NC(C)c1ccc(O[C@@H]2CCN(c3ccc(OCC4CC(F)(F)C4)cn3)C2)cc1. The van der Waals surface area contributed by atoms with Gasteiger partial charge in [-0.1, -0.05) is 12.1 Å². The van der Waals surface area contributed by atoms with Crippen LogP contribution in [0.1, 0.15) is 44.7 Å². The lowest BCUT2D eigenvalue weighted by Crippen LogP contribution is -2.38. The summed E-state index contributed by atoms with van der Waals surface area (Å²) < 4.78 is 37.5. The maximum atomic E-state index is 12.9. The van der Waals surface area contributed by atoms with Gasteiger partial charge in [-0.05, 0) is 36.8 Å². The van der Waals surface area contributed by atoms with Gasteiger partial charge in [-0.25, -0.2) is 13.8 Å². The molecule has 2 aliphatic rings. The Labute approximate surface area is 186 Å². The smallest absolute Gasteiger partial charge is 0.248 e. The minimum Gasteiger partial charge on any atom is -0.492 e. The van der Waals surface area contributed by atoms with Crippen LogP contribution in [-0.2, 0) is 4.79 Å². The van der Waals surface area contributed by atoms with E-state index in [0.717, 1.165) is 36.6 Å². The van der Waals surface area contributed by atoms with E-state index in [2.05, 4.69) is 15.2 Å². The fourth-order valence-corrected chi connectivity index (χ4v) is 4.21. The quantitative estimate of drug-likeness (QED) is 0.654. The Morgan fingerprint density at radius 3 is 2.56 bits per heavy atom. The number of aromatic nitrogens is 1. The second kappa shape index (κ2) is 9.30. The number of ether oxygens (including phenoxy) is 2. The fraction of sp³-hybridized carbons (Fsp3) is 0.500. The minimum absolute atomic E-state index is 0.0452. The van der Waals surface area contributed by atoms with Crippen molar-refractivity contribution >= 4 is 11.7 Å². The zero-order valence-corrected chi connectivity index (χ0v) is 18.4. The summed E-state index contributed by atoms with van der Waals surface area (Å²) >= 11 is 0. The van der Waals surface area contributed by atoms with Crippen LogP contribution in [0.5, 0.6) is 11.5 Å². The molecule has 2 atom stereocenters. The van der Waals surface area contributed by atoms with E-state index in [4.69, 9.17) is 9.47 Å². The van der Waals surface area contributed by atoms with E-state index in [0.29, 0.717) is 12.4 Å². The molecule has 2 heterocycles. The van der Waals surface area contributed by atoms with Crippen LogP contribution in [0.2, 0.25) is 0 Å². The molecule has 2 fully saturated rings. The van der Waals surface area contributed by atoms with E-state index in [1.807, 2.05) is 43.3 Å². The third-order valence-electron chi connectivity index (χ3n) is 5.95. The molecule has 4 rings (SSSR count). The van der Waals surface area contributed by atoms with E-state index >= 15 is 0 Å². The van der Waals surface area contributed by atoms with Crippen LogP contribution in [-0.4, -0.2) is 42.6 Å². The Kier molecular flexibility index (Phi) is 6.48. The normalized spacial score (nSPS) is 21.0. The van der Waals surface area contributed by atoms with Gasteiger partial charge in [0.05, 0.1) is 25.4 Å². The lowest BCUT2D eigenvalue weighted by atomic mass is 9.82. The van der Waals surface area contributed by atoms with Crippen LogP contribution < -0.4 is 19.7 Å². The van der Waals surface area contributed by atoms with Crippen LogP contribution in [0, 0.1) is 5.92 Å². The molecule has 1 aromatic carbocycles. The standard InChI is InChI=1S/C24H29F2N3O3/c1-16(28-17(2)30)19-3-5-20(6-4-19)32-22-9-10-29(14-22)23-8-7-21(13-27-23)31-15-18-11-24(25,26)12-18/h3-8,13,16,18,22H,9-12,14-15H2,1-2H3,(H,28,30)/t16?,22-/m1/s1. The summed E-state index contributed by atoms with van der Waals surface area (Å²) in [4.78, 5) is 17.8. The van der Waals surface area contributed by atoms with Gasteiger partial charge in [0, 0.05) is 38.6 Å². The maximum absolute atomic E-state index is 12.9. The Bertz CT molecular complexity index is 913. The number of rotatable bonds is 8. The van der Waals surface area contributed by atoms with Gasteiger partial charge < -0.3 is 19.7 Å². The highest BCUT2D eigenvalue weighted by atomic mass is 19.3. The predicted molar refractivity (Wildman–Crippen MR) is 117 cm³/mol. The van der Waals surface area contributed by atoms with Crippen LogP contribution in [0.3, 0.4) is 0 Å². The Morgan fingerprint density at radius 2 is 1.94 bits per heavy atom. The summed E-state index contributed by atoms with van der Waals surface area (Å²) in [5.41, 5.74) is 1.03. The van der Waals surface area contributed by atoms with Crippen LogP contribution >= 0.6 is 0 Å². The van der Waals surface area contributed by atoms with E-state index in [1.165, 1.54) is 6.92 Å². The number of nitrogens with zero attached hydrogens (tertiary/aromatic N) is 2. The van der Waals surface area contributed by atoms with Crippen molar-refractivity contribution in [3.8, 4) is 11.5 Å². The number of hydrogen-bond acceptors (Lipinski definition) is 5. The highest BCUT2D eigenvalue weighted by Gasteiger charge is 2.45. The summed E-state index contributed by atoms with van der Waals surface area (Å²) in [7, 11) is 0. The number of halogens is 2. The zero-order valence-electron chi connectivity index (χ0n) is 18.4. The molecule has 0 spiro atoms. The summed E-state index contributed by atoms with van der Waals surface area (Å²) in [6.45, 7) is 5.33. The number of alkyl halides is 2. The molecule has 1 amide bonds. The van der Waals surface area contributed by atoms with Crippen molar-refractivity contribution < 1.29 is 23.0 Å². The zero-order chi connectivity index (χ0) is 22.7. The second-order valence-corrected chi connectivity index (χ2v) is 8.76. The summed E-state index contributed by atoms with van der Waals surface area (Å²) in [5.74, 6) is -0.405. The van der Waals surface area contributed by atoms with Crippen LogP contribution in [0.15, 0.2) is 42.6 Å². The molecule has 8 heteroatoms. The van der Waals surface area contributed by atoms with E-state index < -0.39 is 5.92 Å². The first-order chi connectivity index (χ1) is 15.3. The molecule has 172 valence electrons. The van der Waals surface area contributed by atoms with Gasteiger partial charge in [0.2, 0.25) is 11.8 Å². The molecule has 32 heavy (non-hydrogen) atoms. The first-order valence-corrected chi connectivity index (χ1v) is 11.0. The number of hydrogen-bond donors (Lipinski definition) is 1. The Morgan fingerprint density at radius 1 is 1.22 bits per heavy atom. The van der Waals surface area contributed by atoms with Crippen LogP contribution in [0.25, 0.3) is 0 Å². The molecule has 2 aromatic rings. The number of benzene rings is 1. The molecular formula is C24H29F2N3O3. The molecule has 1 aromatic heterocycles. The van der Waals surface area contributed by atoms with Crippen molar-refractivity contribution in [3.63, 3.8) is 0 Å². The largest absolute Gasteiger partial charge is 0.492 e. The van der Waals surface area contributed by atoms with Crippen molar-refractivity contribution in [2.24, 2.45) is 5.92 Å². The molecule has 1 saturated heterocycles. The average molecular weight is 446 g/mol. The van der Waals surface area contributed by atoms with Crippen molar-refractivity contribution in [2.75, 3.05) is 24.6 Å². The van der Waals surface area contributed by atoms with Gasteiger partial charge >= 0.3 is 0 Å². The molecule has 1 aliphatic heterocycles. The van der Waals surface area contributed by atoms with E-state index in [1.54, 1.807) is 6.20 Å². The molecule has 6 nitrogen and oxygen atoms in total. The molecule has 1 saturated carbocycles. The highest BCUT2D eigenvalue weighted by molar-refractivity contribution is 5.73. The number of anilines is 1. The third kappa shape index (κ3) is 5.66. The Balaban J connectivity index is 1.24. The molecule has 0 radical (unpaired) electrons. The molecule has 0 bridgehead atoms. The van der Waals surface area contributed by atoms with Crippen molar-refractivity contribution in [2.45, 2.75) is 51.2 Å². The second-order valence-electron chi connectivity index (χ2n) is 8.76. The predicted octanol–water partition coefficient (Wildman–Crippen LogP) is 4.36. The van der Waals surface area contributed by atoms with Gasteiger partial charge in [-0.2, -0.15) is 0 Å². The lowest BCUT2D eigenvalue weighted by Gasteiger charge is -2.34. The van der Waals surface area contributed by atoms with Crippen LogP contribution in [0.4, 0.5) is 14.6 Å². The van der Waals surface area contributed by atoms with Gasteiger partial charge in [0.25, 0.3) is 0 Å². The summed E-state index contributed by atoms with van der Waals surface area (Å²) in [5, 5.41) is 2.87.